The summed E-state index contributed by atoms with van der Waals surface area (Å²) in [5.41, 5.74) is 1.90. The van der Waals surface area contributed by atoms with Gasteiger partial charge in [-0.3, -0.25) is 14.5 Å². The number of imide groups is 1. The SMILES string of the molecule is CC=Cc1ccc(OCCN2C(=O)c3ccccc3C2=O)c(OC)c1. The Morgan fingerprint density at radius 2 is 1.68 bits per heavy atom. The molecule has 0 atom stereocenters. The average molecular weight is 337 g/mol. The molecule has 0 saturated carbocycles. The maximum absolute atomic E-state index is 12.3. The van der Waals surface area contributed by atoms with E-state index < -0.39 is 0 Å². The Morgan fingerprint density at radius 1 is 1.00 bits per heavy atom. The van der Waals surface area contributed by atoms with E-state index in [4.69, 9.17) is 9.47 Å². The van der Waals surface area contributed by atoms with Crippen LogP contribution in [0.3, 0.4) is 0 Å². The Labute approximate surface area is 146 Å². The molecule has 0 aliphatic carbocycles. The van der Waals surface area contributed by atoms with Crippen molar-refractivity contribution in [2.24, 2.45) is 0 Å². The van der Waals surface area contributed by atoms with Crippen LogP contribution in [0.2, 0.25) is 0 Å². The van der Waals surface area contributed by atoms with Crippen molar-refractivity contribution in [2.75, 3.05) is 20.3 Å². The zero-order valence-corrected chi connectivity index (χ0v) is 14.2. The third kappa shape index (κ3) is 3.26. The summed E-state index contributed by atoms with van der Waals surface area (Å²) in [4.78, 5) is 25.8. The van der Waals surface area contributed by atoms with Crippen LogP contribution in [-0.4, -0.2) is 37.0 Å². The first-order chi connectivity index (χ1) is 12.2. The van der Waals surface area contributed by atoms with E-state index in [1.807, 2.05) is 37.3 Å². The smallest absolute Gasteiger partial charge is 0.261 e. The van der Waals surface area contributed by atoms with Gasteiger partial charge in [0.1, 0.15) is 6.61 Å². The molecule has 0 bridgehead atoms. The molecule has 1 aliphatic rings. The van der Waals surface area contributed by atoms with E-state index in [2.05, 4.69) is 0 Å². The molecule has 2 amide bonds. The van der Waals surface area contributed by atoms with E-state index in [0.717, 1.165) is 5.56 Å². The van der Waals surface area contributed by atoms with Gasteiger partial charge in [0.05, 0.1) is 24.8 Å². The molecule has 128 valence electrons. The molecule has 2 aromatic rings. The van der Waals surface area contributed by atoms with Crippen LogP contribution in [-0.2, 0) is 0 Å². The molecule has 1 heterocycles. The lowest BCUT2D eigenvalue weighted by molar-refractivity contribution is 0.0631. The first-order valence-electron chi connectivity index (χ1n) is 8.04. The number of fused-ring (bicyclic) bond motifs is 1. The van der Waals surface area contributed by atoms with E-state index >= 15 is 0 Å². The number of hydrogen-bond donors (Lipinski definition) is 0. The fourth-order valence-corrected chi connectivity index (χ4v) is 2.79. The van der Waals surface area contributed by atoms with Gasteiger partial charge in [0.25, 0.3) is 11.8 Å². The monoisotopic (exact) mass is 337 g/mol. The van der Waals surface area contributed by atoms with Crippen molar-refractivity contribution in [1.29, 1.82) is 0 Å². The van der Waals surface area contributed by atoms with Gasteiger partial charge in [-0.1, -0.05) is 30.4 Å². The predicted octanol–water partition coefficient (Wildman–Crippen LogP) is 3.40. The van der Waals surface area contributed by atoms with E-state index in [1.54, 1.807) is 31.4 Å². The Hall–Kier alpha value is -3.08. The molecule has 0 unspecified atom stereocenters. The highest BCUT2D eigenvalue weighted by atomic mass is 16.5. The maximum atomic E-state index is 12.3. The minimum Gasteiger partial charge on any atom is -0.493 e. The van der Waals surface area contributed by atoms with Crippen LogP contribution >= 0.6 is 0 Å². The van der Waals surface area contributed by atoms with Gasteiger partial charge < -0.3 is 9.47 Å². The van der Waals surface area contributed by atoms with Crippen LogP contribution < -0.4 is 9.47 Å². The average Bonchev–Trinajstić information content (AvgIpc) is 2.88. The van der Waals surface area contributed by atoms with Gasteiger partial charge >= 0.3 is 0 Å². The number of amides is 2. The molecule has 3 rings (SSSR count). The Balaban J connectivity index is 1.66. The van der Waals surface area contributed by atoms with Crippen molar-refractivity contribution >= 4 is 17.9 Å². The van der Waals surface area contributed by atoms with E-state index in [0.29, 0.717) is 22.6 Å². The molecule has 1 aliphatic heterocycles. The summed E-state index contributed by atoms with van der Waals surface area (Å²) < 4.78 is 11.1. The van der Waals surface area contributed by atoms with Crippen LogP contribution in [0.5, 0.6) is 11.5 Å². The molecule has 5 heteroatoms. The summed E-state index contributed by atoms with van der Waals surface area (Å²) >= 11 is 0. The number of nitrogens with zero attached hydrogens (tertiary/aromatic N) is 1. The van der Waals surface area contributed by atoms with Crippen LogP contribution in [0.4, 0.5) is 0 Å². The summed E-state index contributed by atoms with van der Waals surface area (Å²) in [7, 11) is 1.58. The van der Waals surface area contributed by atoms with Gasteiger partial charge in [-0.15, -0.1) is 0 Å². The number of rotatable bonds is 6. The lowest BCUT2D eigenvalue weighted by Gasteiger charge is -2.16. The van der Waals surface area contributed by atoms with Crippen molar-refractivity contribution in [2.45, 2.75) is 6.92 Å². The largest absolute Gasteiger partial charge is 0.493 e. The standard InChI is InChI=1S/C20H19NO4/c1-3-6-14-9-10-17(18(13-14)24-2)25-12-11-21-19(22)15-7-4-5-8-16(15)20(21)23/h3-10,13H,11-12H2,1-2H3. The Bertz CT molecular complexity index is 806. The number of benzene rings is 2. The van der Waals surface area contributed by atoms with Crippen molar-refractivity contribution in [3.8, 4) is 11.5 Å². The molecular weight excluding hydrogens is 318 g/mol. The lowest BCUT2D eigenvalue weighted by Crippen LogP contribution is -2.33. The highest BCUT2D eigenvalue weighted by Gasteiger charge is 2.34. The topological polar surface area (TPSA) is 55.8 Å². The first-order valence-corrected chi connectivity index (χ1v) is 8.04. The molecule has 0 fully saturated rings. The van der Waals surface area contributed by atoms with Gasteiger partial charge in [-0.2, -0.15) is 0 Å². The van der Waals surface area contributed by atoms with Crippen molar-refractivity contribution in [3.05, 3.63) is 65.2 Å². The molecule has 0 spiro atoms. The third-order valence-corrected chi connectivity index (χ3v) is 4.00. The highest BCUT2D eigenvalue weighted by Crippen LogP contribution is 2.29. The number of methoxy groups -OCH3 is 1. The quantitative estimate of drug-likeness (QED) is 0.758. The summed E-state index contributed by atoms with van der Waals surface area (Å²) in [6.45, 7) is 2.33. The van der Waals surface area contributed by atoms with Crippen LogP contribution in [0, 0.1) is 0 Å². The number of ether oxygens (including phenoxy) is 2. The number of carbonyl (C=O) groups excluding carboxylic acids is 2. The Morgan fingerprint density at radius 3 is 2.28 bits per heavy atom. The molecule has 25 heavy (non-hydrogen) atoms. The van der Waals surface area contributed by atoms with Crippen molar-refractivity contribution in [3.63, 3.8) is 0 Å². The summed E-state index contributed by atoms with van der Waals surface area (Å²) in [5, 5.41) is 0. The molecule has 0 N–H and O–H groups in total. The fraction of sp³-hybridized carbons (Fsp3) is 0.200. The lowest BCUT2D eigenvalue weighted by atomic mass is 10.1. The van der Waals surface area contributed by atoms with Gasteiger partial charge in [0, 0.05) is 0 Å². The van der Waals surface area contributed by atoms with Crippen LogP contribution in [0.25, 0.3) is 6.08 Å². The number of carbonyl (C=O) groups is 2. The first kappa shape index (κ1) is 16.8. The zero-order chi connectivity index (χ0) is 17.8. The van der Waals surface area contributed by atoms with Crippen molar-refractivity contribution < 1.29 is 19.1 Å². The minimum absolute atomic E-state index is 0.187. The second-order valence-corrected chi connectivity index (χ2v) is 5.57. The second-order valence-electron chi connectivity index (χ2n) is 5.57. The van der Waals surface area contributed by atoms with E-state index in [1.165, 1.54) is 4.90 Å². The number of allylic oxidation sites excluding steroid dienone is 1. The van der Waals surface area contributed by atoms with E-state index in [9.17, 15) is 9.59 Å². The van der Waals surface area contributed by atoms with Gasteiger partial charge in [-0.05, 0) is 36.8 Å². The maximum Gasteiger partial charge on any atom is 0.261 e. The molecule has 0 aromatic heterocycles. The van der Waals surface area contributed by atoms with Gasteiger partial charge in [0.15, 0.2) is 11.5 Å². The summed E-state index contributed by atoms with van der Waals surface area (Å²) in [6.07, 6.45) is 3.91. The molecule has 2 aromatic carbocycles. The van der Waals surface area contributed by atoms with Crippen molar-refractivity contribution in [1.82, 2.24) is 4.90 Å². The summed E-state index contributed by atoms with van der Waals surface area (Å²) in [6, 6.07) is 12.4. The van der Waals surface area contributed by atoms with Crippen LogP contribution in [0.1, 0.15) is 33.2 Å². The van der Waals surface area contributed by atoms with E-state index in [-0.39, 0.29) is 25.0 Å². The second kappa shape index (κ2) is 7.21. The van der Waals surface area contributed by atoms with Gasteiger partial charge in [-0.25, -0.2) is 0 Å². The molecule has 0 saturated heterocycles. The molecular formula is C20H19NO4. The normalized spacial score (nSPS) is 13.4. The minimum atomic E-state index is -0.278. The predicted molar refractivity (Wildman–Crippen MR) is 95.0 cm³/mol. The third-order valence-electron chi connectivity index (χ3n) is 4.00. The zero-order valence-electron chi connectivity index (χ0n) is 14.2. The van der Waals surface area contributed by atoms with Crippen LogP contribution in [0.15, 0.2) is 48.5 Å². The molecule has 0 radical (unpaired) electrons. The van der Waals surface area contributed by atoms with Gasteiger partial charge in [0.2, 0.25) is 0 Å². The number of hydrogen-bond acceptors (Lipinski definition) is 4. The fourth-order valence-electron chi connectivity index (χ4n) is 2.79. The summed E-state index contributed by atoms with van der Waals surface area (Å²) in [5.74, 6) is 0.629. The highest BCUT2D eigenvalue weighted by molar-refractivity contribution is 6.21. The molecule has 5 nitrogen and oxygen atoms in total. The Kier molecular flexibility index (Phi) is 4.84.